The molecular formula is C18H22N2O2. The van der Waals surface area contributed by atoms with Crippen LogP contribution in [0, 0.1) is 0 Å². The van der Waals surface area contributed by atoms with Gasteiger partial charge in [0.05, 0.1) is 5.69 Å². The molecule has 1 saturated heterocycles. The summed E-state index contributed by atoms with van der Waals surface area (Å²) in [6.07, 6.45) is 0.478. The molecule has 0 aromatic heterocycles. The number of carbonyl (C=O) groups excluding carboxylic acids is 1. The molecule has 2 aromatic carbocycles. The lowest BCUT2D eigenvalue weighted by Crippen LogP contribution is -2.67. The number of urea groups is 1. The number of benzene rings is 2. The summed E-state index contributed by atoms with van der Waals surface area (Å²) in [5, 5.41) is 13.0. The van der Waals surface area contributed by atoms with Crippen LogP contribution in [-0.2, 0) is 0 Å². The maximum Gasteiger partial charge on any atom is 0.327 e. The van der Waals surface area contributed by atoms with E-state index in [9.17, 15) is 9.90 Å². The third-order valence-corrected chi connectivity index (χ3v) is 4.64. The molecule has 0 spiro atoms. The summed E-state index contributed by atoms with van der Waals surface area (Å²) in [6.45, 7) is 5.65. The number of carbonyl (C=O) groups is 1. The summed E-state index contributed by atoms with van der Waals surface area (Å²) in [5.74, 6) is 0. The zero-order valence-corrected chi connectivity index (χ0v) is 13.5. The molecule has 1 N–H and O–H groups in total. The minimum absolute atomic E-state index is 0.183. The van der Waals surface area contributed by atoms with Crippen LogP contribution in [0.2, 0.25) is 0 Å². The number of nitrogens with zero attached hydrogens (tertiary/aromatic N) is 2. The Balaban J connectivity index is 2.19. The number of hydrogen-bond acceptors (Lipinski definition) is 2. The van der Waals surface area contributed by atoms with Crippen LogP contribution in [-0.4, -0.2) is 34.3 Å². The predicted octanol–water partition coefficient (Wildman–Crippen LogP) is 3.59. The quantitative estimate of drug-likeness (QED) is 0.874. The van der Waals surface area contributed by atoms with Gasteiger partial charge in [0.2, 0.25) is 0 Å². The van der Waals surface area contributed by atoms with E-state index in [0.717, 1.165) is 16.5 Å². The number of rotatable bonds is 1. The number of hydrogen-bond donors (Lipinski definition) is 1. The fraction of sp³-hybridized carbons (Fsp3) is 0.389. The lowest BCUT2D eigenvalue weighted by molar-refractivity contribution is -0.0180. The van der Waals surface area contributed by atoms with Gasteiger partial charge in [0.1, 0.15) is 5.72 Å². The van der Waals surface area contributed by atoms with Crippen LogP contribution < -0.4 is 4.90 Å². The normalized spacial score (nSPS) is 24.9. The molecule has 1 fully saturated rings. The van der Waals surface area contributed by atoms with E-state index < -0.39 is 5.72 Å². The molecular weight excluding hydrogens is 276 g/mol. The molecule has 2 aromatic rings. The van der Waals surface area contributed by atoms with Crippen molar-refractivity contribution < 1.29 is 9.90 Å². The molecule has 0 saturated carbocycles. The monoisotopic (exact) mass is 298 g/mol. The Morgan fingerprint density at radius 3 is 2.41 bits per heavy atom. The van der Waals surface area contributed by atoms with Crippen molar-refractivity contribution in [2.45, 2.75) is 38.5 Å². The largest absolute Gasteiger partial charge is 0.371 e. The zero-order valence-electron chi connectivity index (χ0n) is 13.5. The van der Waals surface area contributed by atoms with Gasteiger partial charge in [0.25, 0.3) is 0 Å². The molecule has 1 aliphatic rings. The van der Waals surface area contributed by atoms with Gasteiger partial charge in [-0.1, -0.05) is 36.4 Å². The second-order valence-electron chi connectivity index (χ2n) is 6.88. The van der Waals surface area contributed by atoms with Crippen LogP contribution in [0.5, 0.6) is 0 Å². The van der Waals surface area contributed by atoms with Gasteiger partial charge in [0.15, 0.2) is 0 Å². The van der Waals surface area contributed by atoms with E-state index >= 15 is 0 Å². The van der Waals surface area contributed by atoms with E-state index in [-0.39, 0.29) is 11.6 Å². The molecule has 1 atom stereocenters. The van der Waals surface area contributed by atoms with Crippen molar-refractivity contribution in [3.8, 4) is 0 Å². The van der Waals surface area contributed by atoms with Crippen LogP contribution in [0.25, 0.3) is 10.8 Å². The molecule has 0 bridgehead atoms. The summed E-state index contributed by atoms with van der Waals surface area (Å²) >= 11 is 0. The van der Waals surface area contributed by atoms with E-state index in [4.69, 9.17) is 0 Å². The van der Waals surface area contributed by atoms with Crippen molar-refractivity contribution in [3.05, 3.63) is 42.5 Å². The highest BCUT2D eigenvalue weighted by atomic mass is 16.3. The highest BCUT2D eigenvalue weighted by molar-refractivity contribution is 6.04. The Labute approximate surface area is 131 Å². The summed E-state index contributed by atoms with van der Waals surface area (Å²) in [7, 11) is 1.79. The first-order chi connectivity index (χ1) is 10.2. The summed E-state index contributed by atoms with van der Waals surface area (Å²) in [4.78, 5) is 16.1. The maximum atomic E-state index is 12.9. The topological polar surface area (TPSA) is 43.8 Å². The van der Waals surface area contributed by atoms with Gasteiger partial charge >= 0.3 is 6.03 Å². The molecule has 0 aliphatic carbocycles. The first-order valence-electron chi connectivity index (χ1n) is 7.52. The summed E-state index contributed by atoms with van der Waals surface area (Å²) in [5.41, 5.74) is -0.866. The number of aliphatic hydroxyl groups is 1. The lowest BCUT2D eigenvalue weighted by atomic mass is 9.88. The van der Waals surface area contributed by atoms with E-state index in [0.29, 0.717) is 6.42 Å². The third-order valence-electron chi connectivity index (χ3n) is 4.64. The Hall–Kier alpha value is -2.07. The van der Waals surface area contributed by atoms with Gasteiger partial charge in [-0.05, 0) is 32.2 Å². The minimum atomic E-state index is -1.22. The molecule has 4 heteroatoms. The van der Waals surface area contributed by atoms with Crippen molar-refractivity contribution in [3.63, 3.8) is 0 Å². The van der Waals surface area contributed by atoms with E-state index in [2.05, 4.69) is 0 Å². The highest BCUT2D eigenvalue weighted by Crippen LogP contribution is 2.40. The van der Waals surface area contributed by atoms with Crippen molar-refractivity contribution in [2.75, 3.05) is 11.9 Å². The van der Waals surface area contributed by atoms with Crippen LogP contribution in [0.4, 0.5) is 10.5 Å². The molecule has 4 nitrogen and oxygen atoms in total. The fourth-order valence-corrected chi connectivity index (χ4v) is 3.40. The molecule has 22 heavy (non-hydrogen) atoms. The third kappa shape index (κ3) is 2.15. The van der Waals surface area contributed by atoms with Gasteiger partial charge in [-0.3, -0.25) is 4.90 Å². The van der Waals surface area contributed by atoms with E-state index in [1.54, 1.807) is 18.9 Å². The van der Waals surface area contributed by atoms with Gasteiger partial charge in [-0.15, -0.1) is 0 Å². The summed E-state index contributed by atoms with van der Waals surface area (Å²) < 4.78 is 0. The average Bonchev–Trinajstić information content (AvgIpc) is 2.44. The number of fused-ring (bicyclic) bond motifs is 1. The van der Waals surface area contributed by atoms with Gasteiger partial charge in [-0.2, -0.15) is 0 Å². The standard InChI is InChI=1S/C18H22N2O2/c1-17(2)12-18(3,22)20(16(21)19(17)4)15-11-7-9-13-8-5-6-10-14(13)15/h5-11,22H,12H2,1-4H3. The van der Waals surface area contributed by atoms with Crippen LogP contribution in [0.3, 0.4) is 0 Å². The minimum Gasteiger partial charge on any atom is -0.371 e. The Bertz CT molecular complexity index is 731. The van der Waals surface area contributed by atoms with Crippen LogP contribution in [0.15, 0.2) is 42.5 Å². The molecule has 2 amide bonds. The molecule has 116 valence electrons. The number of anilines is 1. The van der Waals surface area contributed by atoms with Gasteiger partial charge in [-0.25, -0.2) is 4.79 Å². The van der Waals surface area contributed by atoms with Crippen molar-refractivity contribution >= 4 is 22.5 Å². The first-order valence-corrected chi connectivity index (χ1v) is 7.52. The fourth-order valence-electron chi connectivity index (χ4n) is 3.40. The number of amides is 2. The van der Waals surface area contributed by atoms with Crippen LogP contribution >= 0.6 is 0 Å². The Kier molecular flexibility index (Phi) is 3.18. The lowest BCUT2D eigenvalue weighted by Gasteiger charge is -2.52. The van der Waals surface area contributed by atoms with Crippen molar-refractivity contribution in [1.29, 1.82) is 0 Å². The molecule has 1 aliphatic heterocycles. The second kappa shape index (κ2) is 4.71. The van der Waals surface area contributed by atoms with Crippen LogP contribution in [0.1, 0.15) is 27.2 Å². The molecule has 0 radical (unpaired) electrons. The predicted molar refractivity (Wildman–Crippen MR) is 88.9 cm³/mol. The Morgan fingerprint density at radius 1 is 1.05 bits per heavy atom. The summed E-state index contributed by atoms with van der Waals surface area (Å²) in [6, 6.07) is 13.5. The second-order valence-corrected chi connectivity index (χ2v) is 6.88. The maximum absolute atomic E-state index is 12.9. The first kappa shape index (κ1) is 14.9. The van der Waals surface area contributed by atoms with Crippen molar-refractivity contribution in [1.82, 2.24) is 4.90 Å². The molecule has 3 rings (SSSR count). The molecule has 1 heterocycles. The Morgan fingerprint density at radius 2 is 1.68 bits per heavy atom. The average molecular weight is 298 g/mol. The molecule has 1 unspecified atom stereocenters. The van der Waals surface area contributed by atoms with E-state index in [1.165, 1.54) is 4.90 Å². The zero-order chi connectivity index (χ0) is 16.1. The van der Waals surface area contributed by atoms with Crippen molar-refractivity contribution in [2.24, 2.45) is 0 Å². The van der Waals surface area contributed by atoms with Gasteiger partial charge < -0.3 is 10.0 Å². The SMILES string of the molecule is CN1C(=O)N(c2cccc3ccccc23)C(C)(O)CC1(C)C. The smallest absolute Gasteiger partial charge is 0.327 e. The van der Waals surface area contributed by atoms with E-state index in [1.807, 2.05) is 56.3 Å². The van der Waals surface area contributed by atoms with Gasteiger partial charge in [0, 0.05) is 24.4 Å². The highest BCUT2D eigenvalue weighted by Gasteiger charge is 2.49.